The van der Waals surface area contributed by atoms with E-state index in [1.165, 1.54) is 12.1 Å². The van der Waals surface area contributed by atoms with Crippen molar-refractivity contribution in [3.05, 3.63) is 35.1 Å². The molecule has 2 N–H and O–H groups in total. The predicted octanol–water partition coefficient (Wildman–Crippen LogP) is 2.40. The molecule has 0 amide bonds. The zero-order chi connectivity index (χ0) is 13.5. The molecule has 1 atom stereocenters. The van der Waals surface area contributed by atoms with Crippen LogP contribution in [-0.2, 0) is 16.1 Å². The predicted molar refractivity (Wildman–Crippen MR) is 73.0 cm³/mol. The highest BCUT2D eigenvalue weighted by atomic mass is 32.1. The van der Waals surface area contributed by atoms with Crippen LogP contribution in [-0.4, -0.2) is 24.3 Å². The summed E-state index contributed by atoms with van der Waals surface area (Å²) in [6.45, 7) is 5.36. The van der Waals surface area contributed by atoms with Crippen LogP contribution in [0.1, 0.15) is 25.0 Å². The van der Waals surface area contributed by atoms with Gasteiger partial charge in [0.1, 0.15) is 10.8 Å². The molecule has 100 valence electrons. The lowest BCUT2D eigenvalue weighted by Crippen LogP contribution is -2.18. The Labute approximate surface area is 112 Å². The first-order chi connectivity index (χ1) is 8.54. The van der Waals surface area contributed by atoms with Crippen LogP contribution in [0.15, 0.2) is 18.2 Å². The van der Waals surface area contributed by atoms with Gasteiger partial charge in [0.15, 0.2) is 0 Å². The minimum atomic E-state index is -0.357. The van der Waals surface area contributed by atoms with Crippen molar-refractivity contribution in [2.75, 3.05) is 13.2 Å². The molecule has 5 heteroatoms. The van der Waals surface area contributed by atoms with Gasteiger partial charge in [-0.25, -0.2) is 4.39 Å². The summed E-state index contributed by atoms with van der Waals surface area (Å²) in [6, 6.07) is 4.33. The van der Waals surface area contributed by atoms with E-state index < -0.39 is 0 Å². The van der Waals surface area contributed by atoms with Gasteiger partial charge in [0.2, 0.25) is 0 Å². The molecule has 0 saturated carbocycles. The Morgan fingerprint density at radius 3 is 2.83 bits per heavy atom. The van der Waals surface area contributed by atoms with Crippen molar-refractivity contribution < 1.29 is 13.9 Å². The average Bonchev–Trinajstić information content (AvgIpc) is 2.34. The summed E-state index contributed by atoms with van der Waals surface area (Å²) in [5, 5.41) is 0. The van der Waals surface area contributed by atoms with Crippen molar-refractivity contribution >= 4 is 17.2 Å². The van der Waals surface area contributed by atoms with Gasteiger partial charge in [-0.1, -0.05) is 18.3 Å². The number of nitrogens with two attached hydrogens (primary N) is 1. The minimum absolute atomic E-state index is 0.0331. The molecule has 1 rings (SSSR count). The van der Waals surface area contributed by atoms with Crippen molar-refractivity contribution in [2.24, 2.45) is 5.73 Å². The Morgan fingerprint density at radius 1 is 1.50 bits per heavy atom. The topological polar surface area (TPSA) is 44.5 Å². The van der Waals surface area contributed by atoms with Crippen molar-refractivity contribution in [3.63, 3.8) is 0 Å². The van der Waals surface area contributed by atoms with Gasteiger partial charge in [0, 0.05) is 12.2 Å². The molecule has 0 aliphatic carbocycles. The van der Waals surface area contributed by atoms with Gasteiger partial charge in [0.25, 0.3) is 0 Å². The second-order valence-electron chi connectivity index (χ2n) is 3.95. The molecule has 1 unspecified atom stereocenters. The molecule has 0 aromatic heterocycles. The summed E-state index contributed by atoms with van der Waals surface area (Å²) in [5.74, 6) is -0.357. The van der Waals surface area contributed by atoms with E-state index in [-0.39, 0.29) is 16.9 Å². The summed E-state index contributed by atoms with van der Waals surface area (Å²) in [7, 11) is 0. The van der Waals surface area contributed by atoms with Crippen LogP contribution in [0, 0.1) is 5.82 Å². The van der Waals surface area contributed by atoms with Gasteiger partial charge < -0.3 is 15.2 Å². The quantitative estimate of drug-likeness (QED) is 0.773. The second kappa shape index (κ2) is 7.41. The van der Waals surface area contributed by atoms with E-state index in [9.17, 15) is 4.39 Å². The molecule has 0 saturated heterocycles. The zero-order valence-corrected chi connectivity index (χ0v) is 11.4. The summed E-state index contributed by atoms with van der Waals surface area (Å²) in [6.07, 6.45) is -0.0331. The molecule has 0 radical (unpaired) electrons. The smallest absolute Gasteiger partial charge is 0.123 e. The molecule has 1 aromatic rings. The first kappa shape index (κ1) is 15.0. The van der Waals surface area contributed by atoms with Crippen LogP contribution >= 0.6 is 12.2 Å². The summed E-state index contributed by atoms with van der Waals surface area (Å²) in [5.41, 5.74) is 6.86. The number of halogens is 1. The van der Waals surface area contributed by atoms with Gasteiger partial charge in [-0.05, 0) is 31.5 Å². The molecule has 18 heavy (non-hydrogen) atoms. The largest absolute Gasteiger partial charge is 0.389 e. The fourth-order valence-electron chi connectivity index (χ4n) is 1.47. The number of hydrogen-bond acceptors (Lipinski definition) is 3. The maximum absolute atomic E-state index is 13.1. The highest BCUT2D eigenvalue weighted by molar-refractivity contribution is 7.80. The molecule has 0 fully saturated rings. The fraction of sp³-hybridized carbons (Fsp3) is 0.462. The first-order valence-corrected chi connectivity index (χ1v) is 6.23. The third-order valence-corrected chi connectivity index (χ3v) is 2.64. The van der Waals surface area contributed by atoms with Crippen molar-refractivity contribution in [3.8, 4) is 0 Å². The number of rotatable bonds is 7. The number of thiocarbonyl (C=S) groups is 1. The van der Waals surface area contributed by atoms with E-state index in [2.05, 4.69) is 0 Å². The molecular weight excluding hydrogens is 253 g/mol. The van der Waals surface area contributed by atoms with Gasteiger partial charge >= 0.3 is 0 Å². The number of ether oxygens (including phenoxy) is 2. The maximum atomic E-state index is 13.1. The molecule has 0 aliphatic rings. The highest BCUT2D eigenvalue weighted by Crippen LogP contribution is 2.13. The van der Waals surface area contributed by atoms with Crippen LogP contribution in [0.25, 0.3) is 0 Å². The molecule has 0 spiro atoms. The highest BCUT2D eigenvalue weighted by Gasteiger charge is 2.09. The summed E-state index contributed by atoms with van der Waals surface area (Å²) >= 11 is 4.89. The van der Waals surface area contributed by atoms with E-state index >= 15 is 0 Å². The lowest BCUT2D eigenvalue weighted by atomic mass is 10.1. The maximum Gasteiger partial charge on any atom is 0.123 e. The molecule has 1 aromatic carbocycles. The van der Waals surface area contributed by atoms with Crippen LogP contribution in [0.5, 0.6) is 0 Å². The molecular formula is C13H18FNO2S. The standard InChI is InChI=1S/C13H18FNO2S/c1-3-16-7-9(2)17-8-10-4-5-11(14)6-12(10)13(15)18/h4-6,9H,3,7-8H2,1-2H3,(H2,15,18). The Hall–Kier alpha value is -1.04. The molecule has 0 aliphatic heterocycles. The van der Waals surface area contributed by atoms with Gasteiger partial charge in [-0.2, -0.15) is 0 Å². The monoisotopic (exact) mass is 271 g/mol. The summed E-state index contributed by atoms with van der Waals surface area (Å²) < 4.78 is 23.9. The number of hydrogen-bond donors (Lipinski definition) is 1. The molecule has 0 heterocycles. The van der Waals surface area contributed by atoms with Crippen LogP contribution in [0.3, 0.4) is 0 Å². The van der Waals surface area contributed by atoms with Gasteiger partial charge in [-0.3, -0.25) is 0 Å². The third-order valence-electron chi connectivity index (χ3n) is 2.42. The third kappa shape index (κ3) is 4.68. The van der Waals surface area contributed by atoms with E-state index in [1.807, 2.05) is 13.8 Å². The van der Waals surface area contributed by atoms with Crippen molar-refractivity contribution in [1.82, 2.24) is 0 Å². The Balaban J connectivity index is 2.64. The first-order valence-electron chi connectivity index (χ1n) is 5.82. The molecule has 3 nitrogen and oxygen atoms in total. The Morgan fingerprint density at radius 2 is 2.22 bits per heavy atom. The SMILES string of the molecule is CCOCC(C)OCc1ccc(F)cc1C(N)=S. The zero-order valence-electron chi connectivity index (χ0n) is 10.6. The van der Waals surface area contributed by atoms with E-state index in [4.69, 9.17) is 27.4 Å². The lowest BCUT2D eigenvalue weighted by Gasteiger charge is -2.14. The van der Waals surface area contributed by atoms with Crippen molar-refractivity contribution in [2.45, 2.75) is 26.6 Å². The minimum Gasteiger partial charge on any atom is -0.389 e. The fourth-order valence-corrected chi connectivity index (χ4v) is 1.66. The van der Waals surface area contributed by atoms with Crippen LogP contribution in [0.2, 0.25) is 0 Å². The molecule has 0 bridgehead atoms. The van der Waals surface area contributed by atoms with Crippen LogP contribution < -0.4 is 5.73 Å². The van der Waals surface area contributed by atoms with E-state index in [0.29, 0.717) is 25.4 Å². The second-order valence-corrected chi connectivity index (χ2v) is 4.39. The Kier molecular flexibility index (Phi) is 6.18. The van der Waals surface area contributed by atoms with E-state index in [0.717, 1.165) is 5.56 Å². The summed E-state index contributed by atoms with van der Waals surface area (Å²) in [4.78, 5) is 0.172. The normalized spacial score (nSPS) is 12.4. The van der Waals surface area contributed by atoms with E-state index in [1.54, 1.807) is 6.07 Å². The number of benzene rings is 1. The van der Waals surface area contributed by atoms with Gasteiger partial charge in [-0.15, -0.1) is 0 Å². The van der Waals surface area contributed by atoms with Gasteiger partial charge in [0.05, 0.1) is 19.3 Å². The Bertz CT molecular complexity index is 412. The lowest BCUT2D eigenvalue weighted by molar-refractivity contribution is -0.0117. The average molecular weight is 271 g/mol. The van der Waals surface area contributed by atoms with Crippen LogP contribution in [0.4, 0.5) is 4.39 Å². The van der Waals surface area contributed by atoms with Crippen molar-refractivity contribution in [1.29, 1.82) is 0 Å².